The molecule has 0 bridgehead atoms. The first-order chi connectivity index (χ1) is 7.77. The Balaban J connectivity index is 3.65. The molecule has 0 unspecified atom stereocenters. The zero-order valence-electron chi connectivity index (χ0n) is 10.5. The fraction of sp³-hybridized carbons (Fsp3) is 0.462. The molecular formula is C13H18O4. The molecule has 0 fully saturated rings. The van der Waals surface area contributed by atoms with Gasteiger partial charge >= 0.3 is 5.97 Å². The van der Waals surface area contributed by atoms with Gasteiger partial charge < -0.3 is 15.3 Å². The normalized spacial score (nSPS) is 11.2. The predicted molar refractivity (Wildman–Crippen MR) is 64.9 cm³/mol. The van der Waals surface area contributed by atoms with Crippen molar-refractivity contribution in [3.8, 4) is 11.5 Å². The van der Waals surface area contributed by atoms with Gasteiger partial charge in [-0.05, 0) is 17.9 Å². The van der Waals surface area contributed by atoms with E-state index in [2.05, 4.69) is 0 Å². The summed E-state index contributed by atoms with van der Waals surface area (Å²) in [6.45, 7) is 7.20. The number of carboxylic acids is 1. The summed E-state index contributed by atoms with van der Waals surface area (Å²) in [6, 6.07) is 1.45. The third kappa shape index (κ3) is 2.35. The molecule has 1 aromatic rings. The molecule has 0 aliphatic heterocycles. The molecule has 1 aromatic carbocycles. The smallest absolute Gasteiger partial charge is 0.339 e. The minimum atomic E-state index is -1.22. The number of rotatable bonds is 3. The molecule has 1 rings (SSSR count). The summed E-state index contributed by atoms with van der Waals surface area (Å²) >= 11 is 0. The monoisotopic (exact) mass is 238 g/mol. The van der Waals surface area contributed by atoms with E-state index >= 15 is 0 Å². The van der Waals surface area contributed by atoms with Crippen LogP contribution >= 0.6 is 0 Å². The summed E-state index contributed by atoms with van der Waals surface area (Å²) in [6.07, 6.45) is 0. The van der Waals surface area contributed by atoms with Crippen molar-refractivity contribution in [3.05, 3.63) is 22.8 Å². The van der Waals surface area contributed by atoms with Crippen LogP contribution in [0, 0.1) is 0 Å². The van der Waals surface area contributed by atoms with Gasteiger partial charge in [-0.1, -0.05) is 27.7 Å². The van der Waals surface area contributed by atoms with E-state index in [9.17, 15) is 15.0 Å². The highest BCUT2D eigenvalue weighted by molar-refractivity contribution is 5.94. The van der Waals surface area contributed by atoms with Gasteiger partial charge in [-0.15, -0.1) is 0 Å². The second kappa shape index (κ2) is 4.65. The molecule has 0 radical (unpaired) electrons. The van der Waals surface area contributed by atoms with Gasteiger partial charge in [0.05, 0.1) is 0 Å². The van der Waals surface area contributed by atoms with E-state index in [4.69, 9.17) is 5.11 Å². The zero-order valence-corrected chi connectivity index (χ0v) is 10.5. The summed E-state index contributed by atoms with van der Waals surface area (Å²) in [4.78, 5) is 11.2. The van der Waals surface area contributed by atoms with Crippen LogP contribution in [0.25, 0.3) is 0 Å². The average Bonchev–Trinajstić information content (AvgIpc) is 2.18. The fourth-order valence-electron chi connectivity index (χ4n) is 1.93. The van der Waals surface area contributed by atoms with Crippen molar-refractivity contribution in [3.63, 3.8) is 0 Å². The Labute approximate surface area is 101 Å². The van der Waals surface area contributed by atoms with Crippen LogP contribution in [0.5, 0.6) is 11.5 Å². The van der Waals surface area contributed by atoms with Gasteiger partial charge in [-0.25, -0.2) is 4.79 Å². The molecule has 4 nitrogen and oxygen atoms in total. The van der Waals surface area contributed by atoms with Gasteiger partial charge in [0.2, 0.25) is 0 Å². The first kappa shape index (κ1) is 13.4. The van der Waals surface area contributed by atoms with Gasteiger partial charge in [0.15, 0.2) is 0 Å². The van der Waals surface area contributed by atoms with Gasteiger partial charge in [-0.3, -0.25) is 0 Å². The molecule has 0 saturated heterocycles. The molecule has 0 heterocycles. The fourth-order valence-corrected chi connectivity index (χ4v) is 1.93. The van der Waals surface area contributed by atoms with Crippen molar-refractivity contribution >= 4 is 5.97 Å². The van der Waals surface area contributed by atoms with Gasteiger partial charge in [0, 0.05) is 11.1 Å². The number of benzene rings is 1. The Bertz CT molecular complexity index is 447. The van der Waals surface area contributed by atoms with Crippen molar-refractivity contribution in [2.45, 2.75) is 39.5 Å². The lowest BCUT2D eigenvalue weighted by Gasteiger charge is -2.18. The molecule has 0 aliphatic carbocycles. The Morgan fingerprint density at radius 2 is 1.65 bits per heavy atom. The number of phenolic OH excluding ortho intramolecular Hbond substituents is 1. The van der Waals surface area contributed by atoms with Crippen LogP contribution in [0.15, 0.2) is 6.07 Å². The molecule has 94 valence electrons. The molecule has 0 atom stereocenters. The lowest BCUT2D eigenvalue weighted by molar-refractivity contribution is 0.0691. The van der Waals surface area contributed by atoms with E-state index in [1.165, 1.54) is 6.07 Å². The number of aromatic hydroxyl groups is 2. The number of carboxylic acid groups (broad SMARTS) is 1. The number of carbonyl (C=O) groups is 1. The lowest BCUT2D eigenvalue weighted by atomic mass is 9.90. The van der Waals surface area contributed by atoms with Gasteiger partial charge in [0.1, 0.15) is 17.1 Å². The van der Waals surface area contributed by atoms with E-state index in [0.29, 0.717) is 5.56 Å². The highest BCUT2D eigenvalue weighted by Crippen LogP contribution is 2.40. The second-order valence-electron chi connectivity index (χ2n) is 4.74. The molecular weight excluding hydrogens is 220 g/mol. The van der Waals surface area contributed by atoms with E-state index in [1.807, 2.05) is 13.8 Å². The van der Waals surface area contributed by atoms with E-state index in [-0.39, 0.29) is 34.5 Å². The quantitative estimate of drug-likeness (QED) is 0.707. The lowest BCUT2D eigenvalue weighted by Crippen LogP contribution is -2.07. The maximum atomic E-state index is 11.2. The Kier molecular flexibility index (Phi) is 3.66. The van der Waals surface area contributed by atoms with Crippen LogP contribution in [-0.2, 0) is 0 Å². The van der Waals surface area contributed by atoms with Crippen LogP contribution < -0.4 is 0 Å². The molecule has 0 amide bonds. The molecule has 3 N–H and O–H groups in total. The standard InChI is InChI=1S/C13H18O4/c1-6(2)8-5-9(14)10(7(3)4)11(12(8)15)13(16)17/h5-7,14-15H,1-4H3,(H,16,17). The molecule has 4 heteroatoms. The van der Waals surface area contributed by atoms with Crippen molar-refractivity contribution < 1.29 is 20.1 Å². The van der Waals surface area contributed by atoms with E-state index in [1.54, 1.807) is 13.8 Å². The molecule has 0 saturated carbocycles. The third-order valence-corrected chi connectivity index (χ3v) is 2.76. The van der Waals surface area contributed by atoms with E-state index in [0.717, 1.165) is 0 Å². The van der Waals surface area contributed by atoms with Crippen LogP contribution in [0.4, 0.5) is 0 Å². The van der Waals surface area contributed by atoms with Gasteiger partial charge in [-0.2, -0.15) is 0 Å². The van der Waals surface area contributed by atoms with E-state index < -0.39 is 5.97 Å². The summed E-state index contributed by atoms with van der Waals surface area (Å²) in [5.74, 6) is -1.76. The predicted octanol–water partition coefficient (Wildman–Crippen LogP) is 3.04. The second-order valence-corrected chi connectivity index (χ2v) is 4.74. The molecule has 17 heavy (non-hydrogen) atoms. The SMILES string of the molecule is CC(C)c1cc(O)c(C(C)C)c(C(=O)O)c1O. The van der Waals surface area contributed by atoms with Crippen molar-refractivity contribution in [2.24, 2.45) is 0 Å². The number of hydrogen-bond donors (Lipinski definition) is 3. The molecule has 0 spiro atoms. The topological polar surface area (TPSA) is 77.8 Å². The van der Waals surface area contributed by atoms with Crippen LogP contribution in [-0.4, -0.2) is 21.3 Å². The van der Waals surface area contributed by atoms with Crippen molar-refractivity contribution in [1.29, 1.82) is 0 Å². The molecule has 0 aromatic heterocycles. The Morgan fingerprint density at radius 1 is 1.12 bits per heavy atom. The van der Waals surface area contributed by atoms with Crippen LogP contribution in [0.2, 0.25) is 0 Å². The number of phenols is 2. The first-order valence-corrected chi connectivity index (χ1v) is 5.59. The third-order valence-electron chi connectivity index (χ3n) is 2.76. The highest BCUT2D eigenvalue weighted by atomic mass is 16.4. The maximum Gasteiger partial charge on any atom is 0.339 e. The van der Waals surface area contributed by atoms with Crippen molar-refractivity contribution in [2.75, 3.05) is 0 Å². The Hall–Kier alpha value is -1.71. The number of hydrogen-bond acceptors (Lipinski definition) is 3. The zero-order chi connectivity index (χ0) is 13.3. The van der Waals surface area contributed by atoms with Crippen LogP contribution in [0.3, 0.4) is 0 Å². The summed E-state index contributed by atoms with van der Waals surface area (Å²) in [7, 11) is 0. The summed E-state index contributed by atoms with van der Waals surface area (Å²) in [5.41, 5.74) is 0.535. The highest BCUT2D eigenvalue weighted by Gasteiger charge is 2.25. The number of aromatic carboxylic acids is 1. The van der Waals surface area contributed by atoms with Crippen molar-refractivity contribution in [1.82, 2.24) is 0 Å². The van der Waals surface area contributed by atoms with Crippen LogP contribution in [0.1, 0.15) is 61.0 Å². The Morgan fingerprint density at radius 3 is 2.00 bits per heavy atom. The summed E-state index contributed by atoms with van der Waals surface area (Å²) in [5, 5.41) is 29.0. The maximum absolute atomic E-state index is 11.2. The molecule has 0 aliphatic rings. The summed E-state index contributed by atoms with van der Waals surface area (Å²) < 4.78 is 0. The largest absolute Gasteiger partial charge is 0.508 e. The average molecular weight is 238 g/mol. The minimum Gasteiger partial charge on any atom is -0.508 e. The van der Waals surface area contributed by atoms with Gasteiger partial charge in [0.25, 0.3) is 0 Å². The minimum absolute atomic E-state index is 0.0554. The first-order valence-electron chi connectivity index (χ1n) is 5.59.